The summed E-state index contributed by atoms with van der Waals surface area (Å²) in [5.41, 5.74) is 6.71. The highest BCUT2D eigenvalue weighted by atomic mass is 19.1. The van der Waals surface area contributed by atoms with Crippen LogP contribution in [0.15, 0.2) is 151 Å². The summed E-state index contributed by atoms with van der Waals surface area (Å²) in [6.07, 6.45) is 11.4. The Morgan fingerprint density at radius 3 is 2.32 bits per heavy atom. The number of rotatable bonds is 22. The average Bonchev–Trinajstić information content (AvgIpc) is 3.37. The fourth-order valence-electron chi connectivity index (χ4n) is 10.5. The summed E-state index contributed by atoms with van der Waals surface area (Å²) in [6.45, 7) is 8.53. The molecule has 1 heterocycles. The Morgan fingerprint density at radius 2 is 1.62 bits per heavy atom. The highest BCUT2D eigenvalue weighted by Gasteiger charge is 2.65. The molecule has 3 aliphatic rings. The van der Waals surface area contributed by atoms with Crippen LogP contribution in [-0.4, -0.2) is 63.3 Å². The number of aliphatic hydroxyl groups is 2. The first-order valence-electron chi connectivity index (χ1n) is 24.5. The summed E-state index contributed by atoms with van der Waals surface area (Å²) < 4.78 is 35.8. The van der Waals surface area contributed by atoms with Crippen molar-refractivity contribution in [1.29, 1.82) is 0 Å². The summed E-state index contributed by atoms with van der Waals surface area (Å²) in [4.78, 5) is 34.2. The highest BCUT2D eigenvalue weighted by Crippen LogP contribution is 2.62. The lowest BCUT2D eigenvalue weighted by Gasteiger charge is -2.60. The van der Waals surface area contributed by atoms with Crippen LogP contribution in [0.1, 0.15) is 84.2 Å². The van der Waals surface area contributed by atoms with Crippen molar-refractivity contribution >= 4 is 23.4 Å². The molecule has 13 heteroatoms. The lowest BCUT2D eigenvalue weighted by atomic mass is 9.55. The maximum atomic E-state index is 15.2. The van der Waals surface area contributed by atoms with Gasteiger partial charge in [-0.05, 0) is 145 Å². The fraction of sp³-hybridized carbons (Fsp3) is 0.345. The molecule has 0 saturated heterocycles. The topological polar surface area (TPSA) is 153 Å². The number of aliphatic hydroxyl groups excluding tert-OH is 2. The summed E-state index contributed by atoms with van der Waals surface area (Å²) in [5, 5.41) is 36.5. The summed E-state index contributed by atoms with van der Waals surface area (Å²) in [6, 6.07) is 32.6. The number of allylic oxidation sites excluding steroid dienone is 1. The van der Waals surface area contributed by atoms with Gasteiger partial charge in [0.25, 0.3) is 5.69 Å². The summed E-state index contributed by atoms with van der Waals surface area (Å²) >= 11 is 0. The fourth-order valence-corrected chi connectivity index (χ4v) is 10.5. The van der Waals surface area contributed by atoms with Crippen molar-refractivity contribution in [2.45, 2.75) is 89.7 Å². The number of hydrogen-bond acceptors (Lipinski definition) is 10. The van der Waals surface area contributed by atoms with Crippen LogP contribution in [-0.2, 0) is 27.5 Å². The van der Waals surface area contributed by atoms with Crippen molar-refractivity contribution in [3.63, 3.8) is 0 Å². The minimum atomic E-state index is -1.57. The number of unbranched alkanes of at least 4 members (excludes halogenated alkanes) is 2. The Labute approximate surface area is 414 Å². The zero-order valence-electron chi connectivity index (χ0n) is 40.3. The first-order valence-corrected chi connectivity index (χ1v) is 24.5. The van der Waals surface area contributed by atoms with Gasteiger partial charge in [0.15, 0.2) is 0 Å². The van der Waals surface area contributed by atoms with Gasteiger partial charge in [0, 0.05) is 55.9 Å². The van der Waals surface area contributed by atoms with Gasteiger partial charge in [0.1, 0.15) is 35.7 Å². The van der Waals surface area contributed by atoms with Crippen LogP contribution in [0.25, 0.3) is 6.08 Å². The maximum Gasteiger partial charge on any atom is 0.269 e. The van der Waals surface area contributed by atoms with Crippen molar-refractivity contribution < 1.29 is 43.4 Å². The van der Waals surface area contributed by atoms with Gasteiger partial charge in [-0.25, -0.2) is 4.39 Å². The molecule has 6 unspecified atom stereocenters. The molecule has 6 atom stereocenters. The number of carbonyl (C=O) groups is 1. The van der Waals surface area contributed by atoms with Crippen molar-refractivity contribution in [2.75, 3.05) is 19.8 Å². The molecule has 2 N–H and O–H groups in total. The zero-order chi connectivity index (χ0) is 49.9. The van der Waals surface area contributed by atoms with Gasteiger partial charge in [-0.3, -0.25) is 14.9 Å². The van der Waals surface area contributed by atoms with Crippen molar-refractivity contribution in [1.82, 2.24) is 4.90 Å². The molecule has 5 aromatic carbocycles. The molecule has 0 radical (unpaired) electrons. The third-order valence-electron chi connectivity index (χ3n) is 14.1. The van der Waals surface area contributed by atoms with E-state index in [1.54, 1.807) is 41.3 Å². The Balaban J connectivity index is 1.34. The number of nitro groups is 1. The second-order valence-electron chi connectivity index (χ2n) is 18.7. The minimum Gasteiger partial charge on any atom is -0.459 e. The molecule has 0 aromatic heterocycles. The quantitative estimate of drug-likeness (QED) is 0.0227. The number of fused-ring (bicyclic) bond motifs is 2. The monoisotopic (exact) mass is 963 g/mol. The number of nitro benzene ring substituents is 1. The Kier molecular flexibility index (Phi) is 16.6. The molecule has 1 fully saturated rings. The minimum absolute atomic E-state index is 0.00123. The van der Waals surface area contributed by atoms with Crippen LogP contribution < -0.4 is 9.47 Å². The molecular weight excluding hydrogens is 902 g/mol. The molecule has 0 bridgehead atoms. The predicted molar refractivity (Wildman–Crippen MR) is 271 cm³/mol. The third-order valence-corrected chi connectivity index (χ3v) is 14.1. The van der Waals surface area contributed by atoms with E-state index in [9.17, 15) is 24.7 Å². The SMILES string of the molecule is C=CCOC12Oc3ccc(Oc4ccc(C)c(C)c4)cc3C3C(CCCCO)C(CCCCO)C=C(C(=NOCc4ccccc4)CC1N(Cc1ccc(F)cc1)C(=O)C=Cc1ccc([N+](=O)[O-])cc1)C32. The van der Waals surface area contributed by atoms with Gasteiger partial charge in [-0.15, -0.1) is 6.58 Å². The zero-order valence-corrected chi connectivity index (χ0v) is 40.3. The van der Waals surface area contributed by atoms with Crippen molar-refractivity contribution in [3.05, 3.63) is 195 Å². The number of aryl methyl sites for hydroxylation is 2. The predicted octanol–water partition coefficient (Wildman–Crippen LogP) is 11.7. The van der Waals surface area contributed by atoms with E-state index in [4.69, 9.17) is 24.2 Å². The largest absolute Gasteiger partial charge is 0.459 e. The van der Waals surface area contributed by atoms with Crippen LogP contribution in [0.2, 0.25) is 0 Å². The van der Waals surface area contributed by atoms with E-state index in [0.717, 1.165) is 53.5 Å². The van der Waals surface area contributed by atoms with Gasteiger partial charge in [0.05, 0.1) is 23.2 Å². The van der Waals surface area contributed by atoms with E-state index in [1.165, 1.54) is 30.3 Å². The smallest absolute Gasteiger partial charge is 0.269 e. The molecule has 2 aliphatic carbocycles. The van der Waals surface area contributed by atoms with Crippen molar-refractivity contribution in [3.8, 4) is 17.2 Å². The Morgan fingerprint density at radius 1 is 0.901 bits per heavy atom. The van der Waals surface area contributed by atoms with Crippen LogP contribution in [0.3, 0.4) is 0 Å². The molecule has 1 saturated carbocycles. The number of ether oxygens (including phenoxy) is 3. The molecule has 12 nitrogen and oxygen atoms in total. The highest BCUT2D eigenvalue weighted by molar-refractivity contribution is 6.03. The second-order valence-corrected chi connectivity index (χ2v) is 18.7. The lowest BCUT2D eigenvalue weighted by molar-refractivity contribution is -0.384. The molecule has 8 rings (SSSR count). The number of non-ortho nitro benzene ring substituents is 1. The molecule has 71 heavy (non-hydrogen) atoms. The van der Waals surface area contributed by atoms with E-state index in [2.05, 4.69) is 25.6 Å². The van der Waals surface area contributed by atoms with Gasteiger partial charge in [0.2, 0.25) is 11.7 Å². The molecule has 370 valence electrons. The number of halogens is 1. The number of nitrogens with zero attached hydrogens (tertiary/aromatic N) is 3. The summed E-state index contributed by atoms with van der Waals surface area (Å²) in [7, 11) is 0. The van der Waals surface area contributed by atoms with Crippen LogP contribution >= 0.6 is 0 Å². The second kappa shape index (κ2) is 23.3. The van der Waals surface area contributed by atoms with E-state index < -0.39 is 34.4 Å². The van der Waals surface area contributed by atoms with E-state index >= 15 is 4.79 Å². The van der Waals surface area contributed by atoms with Crippen LogP contribution in [0.5, 0.6) is 17.2 Å². The third kappa shape index (κ3) is 11.7. The van der Waals surface area contributed by atoms with Crippen LogP contribution in [0, 0.1) is 47.5 Å². The number of hydrogen-bond donors (Lipinski definition) is 2. The van der Waals surface area contributed by atoms with E-state index in [-0.39, 0.29) is 62.8 Å². The summed E-state index contributed by atoms with van der Waals surface area (Å²) in [5.74, 6) is -1.49. The molecule has 5 aromatic rings. The van der Waals surface area contributed by atoms with Crippen LogP contribution in [0.4, 0.5) is 10.1 Å². The van der Waals surface area contributed by atoms with Gasteiger partial charge < -0.3 is 34.2 Å². The first kappa shape index (κ1) is 50.5. The maximum absolute atomic E-state index is 15.2. The standard InChI is InChI=1S/C58H62FN3O9/c1-4-32-68-58-54(61(37-42-17-22-45(59)23-18-42)55(65)29-21-41-19-24-46(25-20-41)62(66)67)36-52(60-69-38-43-12-6-5-7-13-43)50-34-44(14-8-10-30-63)49(15-9-11-31-64)56(57(50)58)51-35-48(27-28-53(51)71-58)70-47-26-16-39(2)40(3)33-47/h4-7,12-13,16-29,33-35,44,49,54,56-57,63-64H,1,8-11,14-15,30-32,36-38H2,2-3H3. The van der Waals surface area contributed by atoms with E-state index in [0.29, 0.717) is 46.9 Å². The van der Waals surface area contributed by atoms with Crippen molar-refractivity contribution in [2.24, 2.45) is 22.9 Å². The Hall–Kier alpha value is -6.93. The van der Waals surface area contributed by atoms with Gasteiger partial charge in [-0.1, -0.05) is 78.7 Å². The van der Waals surface area contributed by atoms with E-state index in [1.807, 2.05) is 67.6 Å². The molecular formula is C58H62FN3O9. The number of benzene rings is 5. The Bertz CT molecular complexity index is 2740. The molecule has 0 spiro atoms. The number of carbonyl (C=O) groups excluding carboxylic acids is 1. The number of amides is 1. The molecule has 1 amide bonds. The molecule has 1 aliphatic heterocycles. The van der Waals surface area contributed by atoms with Gasteiger partial charge >= 0.3 is 0 Å². The average molecular weight is 964 g/mol. The lowest BCUT2D eigenvalue weighted by Crippen LogP contribution is -2.70. The number of oxime groups is 1. The first-order chi connectivity index (χ1) is 34.5. The van der Waals surface area contributed by atoms with Gasteiger partial charge in [-0.2, -0.15) is 0 Å². The normalized spacial score (nSPS) is 21.7.